The van der Waals surface area contributed by atoms with Gasteiger partial charge < -0.3 is 9.47 Å². The lowest BCUT2D eigenvalue weighted by molar-refractivity contribution is -0.0537. The summed E-state index contributed by atoms with van der Waals surface area (Å²) in [5.74, 6) is 0.856. The summed E-state index contributed by atoms with van der Waals surface area (Å²) in [6.07, 6.45) is 1.23. The van der Waals surface area contributed by atoms with E-state index in [1.807, 2.05) is 18.2 Å². The monoisotopic (exact) mass is 198 g/mol. The molecule has 0 saturated carbocycles. The van der Waals surface area contributed by atoms with Gasteiger partial charge >= 0.3 is 0 Å². The van der Waals surface area contributed by atoms with Gasteiger partial charge in [0.1, 0.15) is 5.75 Å². The fraction of sp³-hybridized carbons (Fsp3) is 0.400. The van der Waals surface area contributed by atoms with Crippen molar-refractivity contribution >= 4 is 11.6 Å². The molecule has 1 fully saturated rings. The molecule has 1 atom stereocenters. The Labute approximate surface area is 82.4 Å². The quantitative estimate of drug-likeness (QED) is 0.728. The summed E-state index contributed by atoms with van der Waals surface area (Å²) in [6.45, 7) is 0.834. The summed E-state index contributed by atoms with van der Waals surface area (Å²) in [6, 6.07) is 5.60. The van der Waals surface area contributed by atoms with E-state index in [1.165, 1.54) is 0 Å². The van der Waals surface area contributed by atoms with Gasteiger partial charge in [0.15, 0.2) is 0 Å². The molecule has 3 heteroatoms. The standard InChI is InChI=1S/C10H11ClO2/c1-12-9-3-2-7(11)6-8(9)10-4-5-13-10/h2-3,6,10H,4-5H2,1H3. The van der Waals surface area contributed by atoms with Gasteiger partial charge in [-0.05, 0) is 18.2 Å². The van der Waals surface area contributed by atoms with Gasteiger partial charge in [0, 0.05) is 17.0 Å². The van der Waals surface area contributed by atoms with Crippen molar-refractivity contribution in [3.05, 3.63) is 28.8 Å². The Hall–Kier alpha value is -0.730. The molecule has 0 N–H and O–H groups in total. The van der Waals surface area contributed by atoms with E-state index in [9.17, 15) is 0 Å². The molecular weight excluding hydrogens is 188 g/mol. The first-order valence-electron chi connectivity index (χ1n) is 4.26. The molecule has 1 aliphatic rings. The van der Waals surface area contributed by atoms with Gasteiger partial charge in [-0.2, -0.15) is 0 Å². The topological polar surface area (TPSA) is 18.5 Å². The fourth-order valence-corrected chi connectivity index (χ4v) is 1.62. The van der Waals surface area contributed by atoms with Crippen LogP contribution in [-0.2, 0) is 4.74 Å². The van der Waals surface area contributed by atoms with E-state index in [0.717, 1.165) is 29.4 Å². The summed E-state index contributed by atoms with van der Waals surface area (Å²) in [4.78, 5) is 0. The molecule has 0 aromatic heterocycles. The minimum absolute atomic E-state index is 0.175. The first-order valence-corrected chi connectivity index (χ1v) is 4.64. The van der Waals surface area contributed by atoms with Crippen LogP contribution in [0.3, 0.4) is 0 Å². The molecule has 1 saturated heterocycles. The van der Waals surface area contributed by atoms with Crippen molar-refractivity contribution < 1.29 is 9.47 Å². The number of benzene rings is 1. The molecule has 1 heterocycles. The number of methoxy groups -OCH3 is 1. The van der Waals surface area contributed by atoms with Crippen LogP contribution in [0.25, 0.3) is 0 Å². The van der Waals surface area contributed by atoms with E-state index in [0.29, 0.717) is 0 Å². The SMILES string of the molecule is COc1ccc(Cl)cc1C1CCO1. The van der Waals surface area contributed by atoms with Gasteiger partial charge in [-0.25, -0.2) is 0 Å². The Balaban J connectivity index is 2.33. The molecule has 0 radical (unpaired) electrons. The van der Waals surface area contributed by atoms with Crippen LogP contribution in [0, 0.1) is 0 Å². The molecule has 0 spiro atoms. The second-order valence-corrected chi connectivity index (χ2v) is 3.47. The van der Waals surface area contributed by atoms with Crippen LogP contribution in [0.4, 0.5) is 0 Å². The number of hydrogen-bond donors (Lipinski definition) is 0. The molecular formula is C10H11ClO2. The van der Waals surface area contributed by atoms with Crippen molar-refractivity contribution in [1.29, 1.82) is 0 Å². The maximum Gasteiger partial charge on any atom is 0.124 e. The van der Waals surface area contributed by atoms with Gasteiger partial charge in [0.25, 0.3) is 0 Å². The maximum absolute atomic E-state index is 5.89. The zero-order valence-electron chi connectivity index (χ0n) is 7.42. The molecule has 1 aromatic carbocycles. The Kier molecular flexibility index (Phi) is 2.42. The largest absolute Gasteiger partial charge is 0.496 e. The number of halogens is 1. The summed E-state index contributed by atoms with van der Waals surface area (Å²) in [5.41, 5.74) is 1.06. The normalized spacial score (nSPS) is 20.9. The first kappa shape index (κ1) is 8.85. The highest BCUT2D eigenvalue weighted by Crippen LogP contribution is 2.36. The highest BCUT2D eigenvalue weighted by atomic mass is 35.5. The van der Waals surface area contributed by atoms with Crippen molar-refractivity contribution in [2.75, 3.05) is 13.7 Å². The second-order valence-electron chi connectivity index (χ2n) is 3.03. The molecule has 2 rings (SSSR count). The lowest BCUT2D eigenvalue weighted by Gasteiger charge is -2.28. The van der Waals surface area contributed by atoms with Crippen LogP contribution in [-0.4, -0.2) is 13.7 Å². The molecule has 70 valence electrons. The molecule has 1 unspecified atom stereocenters. The van der Waals surface area contributed by atoms with Crippen LogP contribution in [0.2, 0.25) is 5.02 Å². The van der Waals surface area contributed by atoms with Gasteiger partial charge in [0.05, 0.1) is 19.8 Å². The minimum atomic E-state index is 0.175. The van der Waals surface area contributed by atoms with Crippen molar-refractivity contribution in [1.82, 2.24) is 0 Å². The number of ether oxygens (including phenoxy) is 2. The van der Waals surface area contributed by atoms with Crippen LogP contribution in [0.15, 0.2) is 18.2 Å². The summed E-state index contributed by atoms with van der Waals surface area (Å²) < 4.78 is 10.6. The molecule has 0 amide bonds. The molecule has 13 heavy (non-hydrogen) atoms. The number of hydrogen-bond acceptors (Lipinski definition) is 2. The van der Waals surface area contributed by atoms with E-state index in [-0.39, 0.29) is 6.10 Å². The van der Waals surface area contributed by atoms with E-state index < -0.39 is 0 Å². The summed E-state index contributed by atoms with van der Waals surface area (Å²) >= 11 is 5.89. The van der Waals surface area contributed by atoms with E-state index in [1.54, 1.807) is 7.11 Å². The maximum atomic E-state index is 5.89. The third-order valence-corrected chi connectivity index (χ3v) is 2.47. The Morgan fingerprint density at radius 2 is 2.31 bits per heavy atom. The molecule has 1 aliphatic heterocycles. The predicted octanol–water partition coefficient (Wildman–Crippen LogP) is 2.81. The molecule has 0 aliphatic carbocycles. The smallest absolute Gasteiger partial charge is 0.124 e. The van der Waals surface area contributed by atoms with Crippen molar-refractivity contribution in [3.8, 4) is 5.75 Å². The van der Waals surface area contributed by atoms with Crippen molar-refractivity contribution in [2.45, 2.75) is 12.5 Å². The lowest BCUT2D eigenvalue weighted by atomic mass is 10.0. The molecule has 2 nitrogen and oxygen atoms in total. The van der Waals surface area contributed by atoms with Crippen LogP contribution in [0.5, 0.6) is 5.75 Å². The lowest BCUT2D eigenvalue weighted by Crippen LogP contribution is -2.18. The Morgan fingerprint density at radius 3 is 2.85 bits per heavy atom. The van der Waals surface area contributed by atoms with Crippen LogP contribution >= 0.6 is 11.6 Å². The van der Waals surface area contributed by atoms with E-state index in [2.05, 4.69) is 0 Å². The van der Waals surface area contributed by atoms with Crippen molar-refractivity contribution in [2.24, 2.45) is 0 Å². The zero-order chi connectivity index (χ0) is 9.26. The van der Waals surface area contributed by atoms with E-state index in [4.69, 9.17) is 21.1 Å². The van der Waals surface area contributed by atoms with Gasteiger partial charge in [-0.1, -0.05) is 11.6 Å². The summed E-state index contributed by atoms with van der Waals surface area (Å²) in [7, 11) is 1.66. The van der Waals surface area contributed by atoms with E-state index >= 15 is 0 Å². The third kappa shape index (κ3) is 1.64. The zero-order valence-corrected chi connectivity index (χ0v) is 8.17. The minimum Gasteiger partial charge on any atom is -0.496 e. The highest BCUT2D eigenvalue weighted by molar-refractivity contribution is 6.30. The Bertz CT molecular complexity index is 308. The second kappa shape index (κ2) is 3.56. The Morgan fingerprint density at radius 1 is 1.54 bits per heavy atom. The summed E-state index contributed by atoms with van der Waals surface area (Å²) in [5, 5.41) is 0.728. The average Bonchev–Trinajstić information content (AvgIpc) is 2.02. The fourth-order valence-electron chi connectivity index (χ4n) is 1.44. The first-order chi connectivity index (χ1) is 6.31. The van der Waals surface area contributed by atoms with Gasteiger partial charge in [0.2, 0.25) is 0 Å². The van der Waals surface area contributed by atoms with Gasteiger partial charge in [-0.15, -0.1) is 0 Å². The van der Waals surface area contributed by atoms with Crippen molar-refractivity contribution in [3.63, 3.8) is 0 Å². The molecule has 1 aromatic rings. The third-order valence-electron chi connectivity index (χ3n) is 2.24. The predicted molar refractivity (Wildman–Crippen MR) is 51.3 cm³/mol. The highest BCUT2D eigenvalue weighted by Gasteiger charge is 2.23. The van der Waals surface area contributed by atoms with Crippen LogP contribution in [0.1, 0.15) is 18.1 Å². The average molecular weight is 199 g/mol. The molecule has 0 bridgehead atoms. The van der Waals surface area contributed by atoms with Gasteiger partial charge in [-0.3, -0.25) is 0 Å². The van der Waals surface area contributed by atoms with Crippen LogP contribution < -0.4 is 4.74 Å². The number of rotatable bonds is 2.